The number of aryl methyl sites for hydroxylation is 1. The fourth-order valence-corrected chi connectivity index (χ4v) is 5.67. The van der Waals surface area contributed by atoms with Crippen LogP contribution in [0, 0.1) is 32.6 Å². The molecule has 6 heteroatoms. The molecule has 3 aromatic rings. The van der Waals surface area contributed by atoms with Gasteiger partial charge in [0.05, 0.1) is 0 Å². The van der Waals surface area contributed by atoms with Crippen molar-refractivity contribution < 1.29 is 4.79 Å². The molecule has 2 atom stereocenters. The number of hydrogen-bond donors (Lipinski definition) is 0. The fraction of sp³-hybridized carbons (Fsp3) is 0.345. The summed E-state index contributed by atoms with van der Waals surface area (Å²) >= 11 is 0. The van der Waals surface area contributed by atoms with E-state index >= 15 is 0 Å². The van der Waals surface area contributed by atoms with Crippen molar-refractivity contribution in [2.45, 2.75) is 54.4 Å². The number of hydrogen-bond acceptors (Lipinski definition) is 1. The average molecular weight is 473 g/mol. The van der Waals surface area contributed by atoms with Crippen molar-refractivity contribution in [3.8, 4) is 0 Å². The predicted octanol–water partition coefficient (Wildman–Crippen LogP) is 3.63. The molecule has 0 unspecified atom stereocenters. The summed E-state index contributed by atoms with van der Waals surface area (Å²) in [4.78, 5) is 28.0. The Morgan fingerprint density at radius 3 is 2.43 bits per heavy atom. The smallest absolute Gasteiger partial charge is 0.664 e. The van der Waals surface area contributed by atoms with Gasteiger partial charge in [-0.05, 0) is 39.0 Å². The molecule has 35 heavy (non-hydrogen) atoms. The van der Waals surface area contributed by atoms with Crippen molar-refractivity contribution in [1.82, 2.24) is 15.0 Å². The van der Waals surface area contributed by atoms with E-state index in [-0.39, 0.29) is 40.7 Å². The van der Waals surface area contributed by atoms with Crippen LogP contribution in [0.2, 0.25) is 0 Å². The van der Waals surface area contributed by atoms with E-state index in [4.69, 9.17) is 20.3 Å². The normalized spacial score (nSPS) is 25.8. The molecule has 8 bridgehead atoms. The summed E-state index contributed by atoms with van der Waals surface area (Å²) in [6, 6.07) is 2.12. The van der Waals surface area contributed by atoms with Crippen molar-refractivity contribution in [2.75, 3.05) is 0 Å². The molecule has 2 aliphatic heterocycles. The van der Waals surface area contributed by atoms with Gasteiger partial charge in [0.2, 0.25) is 0 Å². The number of aromatic nitrogens is 3. The van der Waals surface area contributed by atoms with Gasteiger partial charge >= 0.3 is 23.1 Å². The van der Waals surface area contributed by atoms with Gasteiger partial charge in [-0.3, -0.25) is 4.79 Å². The van der Waals surface area contributed by atoms with Gasteiger partial charge in [0.25, 0.3) is 0 Å². The van der Waals surface area contributed by atoms with E-state index < -0.39 is 0 Å². The number of carbonyl (C=O) groups is 1. The monoisotopic (exact) mass is 472 g/mol. The van der Waals surface area contributed by atoms with E-state index in [9.17, 15) is 4.79 Å². The minimum Gasteiger partial charge on any atom is -0.664 e. The molecule has 3 aromatic heterocycles. The zero-order valence-electron chi connectivity index (χ0n) is 21.3. The zero-order chi connectivity index (χ0) is 23.9. The summed E-state index contributed by atoms with van der Waals surface area (Å²) in [7, 11) is 0. The first-order valence-corrected chi connectivity index (χ1v) is 12.1. The van der Waals surface area contributed by atoms with E-state index in [0.29, 0.717) is 6.42 Å². The Hall–Kier alpha value is -2.70. The minimum absolute atomic E-state index is 0. The van der Waals surface area contributed by atoms with Crippen LogP contribution in [-0.2, 0) is 6.42 Å². The maximum Gasteiger partial charge on any atom is 2.00 e. The summed E-state index contributed by atoms with van der Waals surface area (Å²) in [5.41, 5.74) is 11.7. The van der Waals surface area contributed by atoms with Crippen molar-refractivity contribution in [2.24, 2.45) is 11.8 Å². The molecule has 5 nitrogen and oxygen atoms in total. The summed E-state index contributed by atoms with van der Waals surface area (Å²) < 4.78 is 0. The second-order valence-electron chi connectivity index (χ2n) is 9.95. The molecule has 0 saturated carbocycles. The second kappa shape index (κ2) is 8.45. The van der Waals surface area contributed by atoms with Crippen LogP contribution >= 0.6 is 0 Å². The number of carbonyl (C=O) groups excluding carboxylic acids is 1. The van der Waals surface area contributed by atoms with Crippen LogP contribution in [0.5, 0.6) is 0 Å². The first-order valence-electron chi connectivity index (χ1n) is 12.1. The maximum atomic E-state index is 13.1. The number of ketones is 1. The van der Waals surface area contributed by atoms with Gasteiger partial charge < -0.3 is 20.3 Å². The molecular formula is C29H28MgN4O-2. The Balaban J connectivity index is 0.00000253. The number of rotatable bonds is 1. The first-order chi connectivity index (χ1) is 16.3. The topological polar surface area (TPSA) is 73.5 Å². The Bertz CT molecular complexity index is 1570. The summed E-state index contributed by atoms with van der Waals surface area (Å²) in [6.45, 7) is 12.8. The van der Waals surface area contributed by atoms with Gasteiger partial charge in [0, 0.05) is 12.0 Å². The number of Topliss-reactive ketones (excluding diaryl/α,β-unsaturated/α-hetero) is 1. The van der Waals surface area contributed by atoms with Crippen molar-refractivity contribution in [1.29, 1.82) is 0 Å². The van der Waals surface area contributed by atoms with Crippen LogP contribution in [-0.4, -0.2) is 28.8 Å². The van der Waals surface area contributed by atoms with Crippen LogP contribution < -0.4 is 25.7 Å². The number of fused-ring (bicyclic) bond motifs is 7. The third-order valence-corrected chi connectivity index (χ3v) is 7.94. The molecule has 6 rings (SSSR count). The van der Waals surface area contributed by atoms with Gasteiger partial charge in [-0.15, -0.1) is 33.5 Å². The first kappa shape index (κ1) is 24.0. The molecule has 0 N–H and O–H groups in total. The van der Waals surface area contributed by atoms with Gasteiger partial charge in [-0.25, -0.2) is 0 Å². The SMILES string of the molecule is CCc1c(C)/c2[n-]/c1=C\c1[n-]c3c(c1C)C(=O)C/C3=C1/[N-]/C(=C\c3[n-]c(cc3C)\C=2)[C@@H](C)[C@@H]1C.[Mg+2]. The minimum atomic E-state index is 0. The van der Waals surface area contributed by atoms with E-state index in [1.54, 1.807) is 0 Å². The van der Waals surface area contributed by atoms with E-state index in [1.807, 2.05) is 6.92 Å². The third-order valence-electron chi connectivity index (χ3n) is 7.94. The van der Waals surface area contributed by atoms with Crippen LogP contribution in [0.1, 0.15) is 82.6 Å². The number of allylic oxidation sites excluding steroid dienone is 3. The van der Waals surface area contributed by atoms with Crippen LogP contribution in [0.15, 0.2) is 17.5 Å². The molecule has 5 heterocycles. The zero-order valence-corrected chi connectivity index (χ0v) is 22.7. The van der Waals surface area contributed by atoms with Gasteiger partial charge in [0.15, 0.2) is 5.78 Å². The Labute approximate surface area is 222 Å². The van der Waals surface area contributed by atoms with Gasteiger partial charge in [0.1, 0.15) is 0 Å². The third kappa shape index (κ3) is 3.52. The van der Waals surface area contributed by atoms with Gasteiger partial charge in [-0.2, -0.15) is 11.4 Å². The quantitative estimate of drug-likeness (QED) is 0.507. The molecule has 0 radical (unpaired) electrons. The van der Waals surface area contributed by atoms with Crippen molar-refractivity contribution in [3.63, 3.8) is 0 Å². The van der Waals surface area contributed by atoms with Crippen LogP contribution in [0.3, 0.4) is 0 Å². The molecule has 0 spiro atoms. The summed E-state index contributed by atoms with van der Waals surface area (Å²) in [5.74, 6) is 0.608. The maximum absolute atomic E-state index is 13.1. The fourth-order valence-electron chi connectivity index (χ4n) is 5.67. The number of nitrogens with zero attached hydrogens (tertiary/aromatic N) is 4. The van der Waals surface area contributed by atoms with Crippen LogP contribution in [0.25, 0.3) is 29.1 Å². The second-order valence-corrected chi connectivity index (χ2v) is 9.95. The Morgan fingerprint density at radius 1 is 0.914 bits per heavy atom. The molecule has 1 saturated heterocycles. The van der Waals surface area contributed by atoms with Crippen molar-refractivity contribution in [3.05, 3.63) is 84.1 Å². The summed E-state index contributed by atoms with van der Waals surface area (Å²) in [5, 5.41) is 6.93. The standard InChI is InChI=1S/C29H29N4O.Mg/c1-7-19-16(5)22-9-18-8-13(2)21(30-18)11-23-14(3)15(4)28(32-23)20-10-26(34)27-17(6)24(33-29(20)27)12-25(19)31-22;/h8-9,11-12,14-15H,7,10H2,1-6H3,(H-,32,33,34);/q-3;+2/p-1/b22-9-,23-11-,25-12-;/t14-,15-;/m0./s1. The predicted molar refractivity (Wildman–Crippen MR) is 141 cm³/mol. The molecule has 3 aliphatic rings. The van der Waals surface area contributed by atoms with Crippen LogP contribution in [0.4, 0.5) is 0 Å². The molecule has 0 aromatic carbocycles. The molecular weight excluding hydrogens is 445 g/mol. The average Bonchev–Trinajstić information content (AvgIpc) is 3.54. The molecule has 1 fully saturated rings. The molecule has 0 amide bonds. The Kier molecular flexibility index (Phi) is 5.80. The van der Waals surface area contributed by atoms with E-state index in [2.05, 4.69) is 58.9 Å². The van der Waals surface area contributed by atoms with E-state index in [1.165, 1.54) is 11.1 Å². The largest absolute Gasteiger partial charge is 2.00 e. The molecule has 174 valence electrons. The van der Waals surface area contributed by atoms with Crippen molar-refractivity contribution >= 4 is 52.6 Å². The summed E-state index contributed by atoms with van der Waals surface area (Å²) in [6.07, 6.45) is 7.50. The van der Waals surface area contributed by atoms with E-state index in [0.717, 1.165) is 73.6 Å². The Morgan fingerprint density at radius 2 is 1.69 bits per heavy atom. The molecule has 1 aliphatic carbocycles. The van der Waals surface area contributed by atoms with Gasteiger partial charge in [-0.1, -0.05) is 72.9 Å².